The molecule has 16 heavy (non-hydrogen) atoms. The van der Waals surface area contributed by atoms with E-state index < -0.39 is 0 Å². The molecule has 1 aliphatic heterocycles. The Balaban J connectivity index is 1.83. The summed E-state index contributed by atoms with van der Waals surface area (Å²) < 4.78 is 0. The molecule has 3 rings (SSSR count). The van der Waals surface area contributed by atoms with Crippen LogP contribution in [0, 0.1) is 0 Å². The zero-order valence-electron chi connectivity index (χ0n) is 9.16. The molecule has 0 saturated carbocycles. The first-order valence-corrected chi connectivity index (χ1v) is 5.84. The van der Waals surface area contributed by atoms with Gasteiger partial charge in [0.25, 0.3) is 0 Å². The SMILES string of the molecule is c1ccc2c(NC3CCCNC3)n[nH]c2c1. The van der Waals surface area contributed by atoms with Crippen molar-refractivity contribution in [3.8, 4) is 0 Å². The van der Waals surface area contributed by atoms with E-state index >= 15 is 0 Å². The third-order valence-electron chi connectivity index (χ3n) is 3.11. The summed E-state index contributed by atoms with van der Waals surface area (Å²) in [6.45, 7) is 2.17. The molecule has 1 fully saturated rings. The van der Waals surface area contributed by atoms with Crippen LogP contribution in [0.15, 0.2) is 24.3 Å². The molecule has 4 nitrogen and oxygen atoms in total. The van der Waals surface area contributed by atoms with E-state index in [-0.39, 0.29) is 0 Å². The van der Waals surface area contributed by atoms with Gasteiger partial charge in [0, 0.05) is 18.0 Å². The number of rotatable bonds is 2. The van der Waals surface area contributed by atoms with Crippen LogP contribution < -0.4 is 10.6 Å². The minimum absolute atomic E-state index is 0.500. The summed E-state index contributed by atoms with van der Waals surface area (Å²) >= 11 is 0. The standard InChI is InChI=1S/C12H16N4/c1-2-6-11-10(5-1)12(16-15-11)14-9-4-3-7-13-8-9/h1-2,5-6,9,13H,3-4,7-8H2,(H2,14,15,16). The largest absolute Gasteiger partial charge is 0.364 e. The van der Waals surface area contributed by atoms with Gasteiger partial charge in [-0.25, -0.2) is 0 Å². The fourth-order valence-corrected chi connectivity index (χ4v) is 2.24. The van der Waals surface area contributed by atoms with Gasteiger partial charge in [-0.2, -0.15) is 5.10 Å². The number of hydrogen-bond acceptors (Lipinski definition) is 3. The molecule has 0 spiro atoms. The van der Waals surface area contributed by atoms with Gasteiger partial charge >= 0.3 is 0 Å². The van der Waals surface area contributed by atoms with Crippen LogP contribution in [0.4, 0.5) is 5.82 Å². The van der Waals surface area contributed by atoms with Crippen LogP contribution in [0.3, 0.4) is 0 Å². The molecule has 0 radical (unpaired) electrons. The predicted octanol–water partition coefficient (Wildman–Crippen LogP) is 1.73. The highest BCUT2D eigenvalue weighted by Gasteiger charge is 2.14. The van der Waals surface area contributed by atoms with E-state index in [0.29, 0.717) is 6.04 Å². The number of para-hydroxylation sites is 1. The maximum atomic E-state index is 4.33. The van der Waals surface area contributed by atoms with Crippen molar-refractivity contribution in [2.45, 2.75) is 18.9 Å². The third kappa shape index (κ3) is 1.76. The summed E-state index contributed by atoms with van der Waals surface area (Å²) in [4.78, 5) is 0. The molecule has 1 saturated heterocycles. The topological polar surface area (TPSA) is 52.7 Å². The number of aromatic nitrogens is 2. The first-order valence-electron chi connectivity index (χ1n) is 5.84. The lowest BCUT2D eigenvalue weighted by Crippen LogP contribution is -2.38. The molecular formula is C12H16N4. The maximum absolute atomic E-state index is 4.33. The van der Waals surface area contributed by atoms with E-state index in [1.165, 1.54) is 18.2 Å². The average Bonchev–Trinajstić information content (AvgIpc) is 2.74. The molecule has 2 aromatic rings. The van der Waals surface area contributed by atoms with Gasteiger partial charge in [-0.15, -0.1) is 0 Å². The van der Waals surface area contributed by atoms with Crippen molar-refractivity contribution in [2.24, 2.45) is 0 Å². The number of nitrogens with one attached hydrogen (secondary N) is 3. The Kier molecular flexibility index (Phi) is 2.50. The van der Waals surface area contributed by atoms with Gasteiger partial charge in [0.2, 0.25) is 0 Å². The van der Waals surface area contributed by atoms with E-state index in [0.717, 1.165) is 24.4 Å². The lowest BCUT2D eigenvalue weighted by molar-refractivity contribution is 0.479. The van der Waals surface area contributed by atoms with Crippen molar-refractivity contribution in [3.63, 3.8) is 0 Å². The lowest BCUT2D eigenvalue weighted by atomic mass is 10.1. The van der Waals surface area contributed by atoms with Crippen LogP contribution in [-0.4, -0.2) is 29.3 Å². The van der Waals surface area contributed by atoms with Gasteiger partial charge in [0.1, 0.15) is 0 Å². The second-order valence-corrected chi connectivity index (χ2v) is 4.31. The van der Waals surface area contributed by atoms with E-state index in [1.807, 2.05) is 18.2 Å². The van der Waals surface area contributed by atoms with Crippen LogP contribution in [0.25, 0.3) is 10.9 Å². The summed E-state index contributed by atoms with van der Waals surface area (Å²) in [6.07, 6.45) is 2.45. The molecule has 0 amide bonds. The summed E-state index contributed by atoms with van der Waals surface area (Å²) in [5.41, 5.74) is 1.09. The van der Waals surface area contributed by atoms with Crippen molar-refractivity contribution in [1.29, 1.82) is 0 Å². The summed E-state index contributed by atoms with van der Waals surface area (Å²) in [5.74, 6) is 0.976. The smallest absolute Gasteiger partial charge is 0.155 e. The van der Waals surface area contributed by atoms with Crippen LogP contribution in [-0.2, 0) is 0 Å². The normalized spacial score (nSPS) is 21.1. The zero-order chi connectivity index (χ0) is 10.8. The summed E-state index contributed by atoms with van der Waals surface area (Å²) in [5, 5.41) is 15.4. The number of anilines is 1. The molecular weight excluding hydrogens is 200 g/mol. The Bertz CT molecular complexity index is 471. The van der Waals surface area contributed by atoms with Crippen molar-refractivity contribution in [3.05, 3.63) is 24.3 Å². The zero-order valence-corrected chi connectivity index (χ0v) is 9.16. The Morgan fingerprint density at radius 3 is 3.12 bits per heavy atom. The monoisotopic (exact) mass is 216 g/mol. The number of piperidine rings is 1. The highest BCUT2D eigenvalue weighted by Crippen LogP contribution is 2.21. The molecule has 1 unspecified atom stereocenters. The molecule has 2 heterocycles. The molecule has 1 aromatic carbocycles. The van der Waals surface area contributed by atoms with E-state index in [2.05, 4.69) is 26.9 Å². The number of hydrogen-bond donors (Lipinski definition) is 3. The van der Waals surface area contributed by atoms with Gasteiger partial charge in [-0.05, 0) is 31.5 Å². The molecule has 4 heteroatoms. The third-order valence-corrected chi connectivity index (χ3v) is 3.11. The highest BCUT2D eigenvalue weighted by atomic mass is 15.2. The summed E-state index contributed by atoms with van der Waals surface area (Å²) in [6, 6.07) is 8.71. The average molecular weight is 216 g/mol. The minimum atomic E-state index is 0.500. The van der Waals surface area contributed by atoms with Crippen molar-refractivity contribution < 1.29 is 0 Å². The van der Waals surface area contributed by atoms with Crippen LogP contribution in [0.2, 0.25) is 0 Å². The first-order chi connectivity index (χ1) is 7.93. The maximum Gasteiger partial charge on any atom is 0.155 e. The number of fused-ring (bicyclic) bond motifs is 1. The van der Waals surface area contributed by atoms with Gasteiger partial charge in [-0.3, -0.25) is 5.10 Å². The van der Waals surface area contributed by atoms with Crippen LogP contribution in [0.5, 0.6) is 0 Å². The number of H-pyrrole nitrogens is 1. The number of nitrogens with zero attached hydrogens (tertiary/aromatic N) is 1. The van der Waals surface area contributed by atoms with Gasteiger partial charge in [-0.1, -0.05) is 12.1 Å². The molecule has 84 valence electrons. The molecule has 1 aromatic heterocycles. The Morgan fingerprint density at radius 2 is 2.25 bits per heavy atom. The fraction of sp³-hybridized carbons (Fsp3) is 0.417. The highest BCUT2D eigenvalue weighted by molar-refractivity contribution is 5.89. The lowest BCUT2D eigenvalue weighted by Gasteiger charge is -2.23. The fourth-order valence-electron chi connectivity index (χ4n) is 2.24. The molecule has 0 bridgehead atoms. The van der Waals surface area contributed by atoms with Crippen LogP contribution >= 0.6 is 0 Å². The Hall–Kier alpha value is -1.55. The van der Waals surface area contributed by atoms with Gasteiger partial charge in [0.05, 0.1) is 5.52 Å². The number of aromatic amines is 1. The van der Waals surface area contributed by atoms with Crippen molar-refractivity contribution >= 4 is 16.7 Å². The molecule has 0 aliphatic carbocycles. The van der Waals surface area contributed by atoms with Crippen molar-refractivity contribution in [2.75, 3.05) is 18.4 Å². The molecule has 1 atom stereocenters. The van der Waals surface area contributed by atoms with E-state index in [1.54, 1.807) is 0 Å². The Morgan fingerprint density at radius 1 is 1.31 bits per heavy atom. The predicted molar refractivity (Wildman–Crippen MR) is 65.6 cm³/mol. The summed E-state index contributed by atoms with van der Waals surface area (Å²) in [7, 11) is 0. The molecule has 1 aliphatic rings. The molecule has 3 N–H and O–H groups in total. The second kappa shape index (κ2) is 4.14. The first kappa shape index (κ1) is 9.66. The number of benzene rings is 1. The van der Waals surface area contributed by atoms with Crippen molar-refractivity contribution in [1.82, 2.24) is 15.5 Å². The van der Waals surface area contributed by atoms with Crippen LogP contribution in [0.1, 0.15) is 12.8 Å². The van der Waals surface area contributed by atoms with Gasteiger partial charge in [0.15, 0.2) is 5.82 Å². The minimum Gasteiger partial charge on any atom is -0.364 e. The van der Waals surface area contributed by atoms with Gasteiger partial charge < -0.3 is 10.6 Å². The van der Waals surface area contributed by atoms with E-state index in [9.17, 15) is 0 Å². The van der Waals surface area contributed by atoms with E-state index in [4.69, 9.17) is 0 Å². The Labute approximate surface area is 94.4 Å². The second-order valence-electron chi connectivity index (χ2n) is 4.31. The quantitative estimate of drug-likeness (QED) is 0.716.